The molecule has 0 saturated carbocycles. The average molecular weight is 889 g/mol. The number of unbranched alkanes of at least 4 members (excludes halogenated alkanes) is 37. The van der Waals surface area contributed by atoms with Gasteiger partial charge in [-0.1, -0.05) is 237 Å². The van der Waals surface area contributed by atoms with Crippen LogP contribution in [-0.2, 0) is 14.3 Å². The Morgan fingerprint density at radius 3 is 1.13 bits per heavy atom. The lowest BCUT2D eigenvalue weighted by Crippen LogP contribution is -2.45. The quantitative estimate of drug-likeness (QED) is 0.0321. The summed E-state index contributed by atoms with van der Waals surface area (Å²) in [6.07, 6.45) is 63.1. The van der Waals surface area contributed by atoms with E-state index in [0.717, 1.165) is 77.0 Å². The van der Waals surface area contributed by atoms with Gasteiger partial charge in [-0.2, -0.15) is 0 Å². The van der Waals surface area contributed by atoms with Crippen molar-refractivity contribution >= 4 is 11.9 Å². The van der Waals surface area contributed by atoms with Gasteiger partial charge in [0.2, 0.25) is 5.91 Å². The number of aliphatic hydroxyl groups excluding tert-OH is 2. The van der Waals surface area contributed by atoms with Gasteiger partial charge in [0.25, 0.3) is 0 Å². The first-order valence-corrected chi connectivity index (χ1v) is 28.1. The number of carbonyl (C=O) groups excluding carboxylic acids is 2. The second kappa shape index (κ2) is 53.0. The number of ether oxygens (including phenoxy) is 1. The molecule has 2 atom stereocenters. The van der Waals surface area contributed by atoms with Crippen molar-refractivity contribution in [3.63, 3.8) is 0 Å². The Balaban J connectivity index is 3.51. The predicted molar refractivity (Wildman–Crippen MR) is 273 cm³/mol. The number of allylic oxidation sites excluding steroid dienone is 4. The Hall–Kier alpha value is -1.66. The van der Waals surface area contributed by atoms with E-state index in [1.54, 1.807) is 0 Å². The van der Waals surface area contributed by atoms with E-state index in [0.29, 0.717) is 25.9 Å². The highest BCUT2D eigenvalue weighted by Crippen LogP contribution is 2.17. The van der Waals surface area contributed by atoms with Crippen LogP contribution in [0.4, 0.5) is 0 Å². The fraction of sp³-hybridized carbons (Fsp3) is 0.895. The van der Waals surface area contributed by atoms with E-state index in [1.807, 2.05) is 0 Å². The van der Waals surface area contributed by atoms with Crippen LogP contribution in [0.5, 0.6) is 0 Å². The maximum atomic E-state index is 12.5. The van der Waals surface area contributed by atoms with E-state index >= 15 is 0 Å². The van der Waals surface area contributed by atoms with Crippen molar-refractivity contribution in [3.8, 4) is 0 Å². The fourth-order valence-corrected chi connectivity index (χ4v) is 8.63. The van der Waals surface area contributed by atoms with Gasteiger partial charge in [-0.3, -0.25) is 9.59 Å². The molecule has 0 aliphatic carbocycles. The molecule has 0 aromatic rings. The van der Waals surface area contributed by atoms with Gasteiger partial charge in [0.1, 0.15) is 0 Å². The Labute approximate surface area is 392 Å². The Morgan fingerprint density at radius 2 is 0.746 bits per heavy atom. The minimum absolute atomic E-state index is 0.0391. The third-order valence-corrected chi connectivity index (χ3v) is 13.0. The van der Waals surface area contributed by atoms with Gasteiger partial charge in [-0.15, -0.1) is 0 Å². The molecule has 6 heteroatoms. The van der Waals surface area contributed by atoms with Gasteiger partial charge in [0.15, 0.2) is 0 Å². The number of amides is 1. The van der Waals surface area contributed by atoms with Gasteiger partial charge >= 0.3 is 5.97 Å². The summed E-state index contributed by atoms with van der Waals surface area (Å²) >= 11 is 0. The number of rotatable bonds is 52. The molecule has 63 heavy (non-hydrogen) atoms. The maximum absolute atomic E-state index is 12.5. The molecule has 0 radical (unpaired) electrons. The molecule has 0 rings (SSSR count). The number of aliphatic hydroxyl groups is 2. The van der Waals surface area contributed by atoms with E-state index in [1.165, 1.54) is 193 Å². The van der Waals surface area contributed by atoms with Crippen LogP contribution in [0.1, 0.15) is 303 Å². The molecule has 0 spiro atoms. The highest BCUT2D eigenvalue weighted by atomic mass is 16.5. The predicted octanol–water partition coefficient (Wildman–Crippen LogP) is 17.1. The van der Waals surface area contributed by atoms with Gasteiger partial charge in [0.05, 0.1) is 25.4 Å². The van der Waals surface area contributed by atoms with Crippen molar-refractivity contribution in [1.29, 1.82) is 0 Å². The molecule has 0 aliphatic heterocycles. The van der Waals surface area contributed by atoms with Crippen LogP contribution in [0.25, 0.3) is 0 Å². The van der Waals surface area contributed by atoms with Crippen LogP contribution in [-0.4, -0.2) is 47.4 Å². The molecule has 1 amide bonds. The molecule has 372 valence electrons. The molecule has 0 aliphatic rings. The van der Waals surface area contributed by atoms with Crippen molar-refractivity contribution in [3.05, 3.63) is 24.3 Å². The topological polar surface area (TPSA) is 95.9 Å². The van der Waals surface area contributed by atoms with Gasteiger partial charge in [0, 0.05) is 12.8 Å². The molecule has 3 N–H and O–H groups in total. The zero-order valence-electron chi connectivity index (χ0n) is 42.3. The third-order valence-electron chi connectivity index (χ3n) is 13.0. The van der Waals surface area contributed by atoms with Gasteiger partial charge in [-0.05, 0) is 77.0 Å². The molecule has 0 aromatic carbocycles. The number of hydrogen-bond acceptors (Lipinski definition) is 5. The number of esters is 1. The summed E-state index contributed by atoms with van der Waals surface area (Å²) in [6.45, 7) is 4.87. The monoisotopic (exact) mass is 888 g/mol. The van der Waals surface area contributed by atoms with Crippen molar-refractivity contribution in [2.75, 3.05) is 13.2 Å². The first-order chi connectivity index (χ1) is 31.0. The molecular formula is C57H109NO5. The van der Waals surface area contributed by atoms with E-state index in [4.69, 9.17) is 4.74 Å². The van der Waals surface area contributed by atoms with Crippen LogP contribution >= 0.6 is 0 Å². The van der Waals surface area contributed by atoms with Crippen LogP contribution in [0.15, 0.2) is 24.3 Å². The summed E-state index contributed by atoms with van der Waals surface area (Å²) in [5, 5.41) is 23.3. The van der Waals surface area contributed by atoms with Crippen LogP contribution in [0, 0.1) is 0 Å². The summed E-state index contributed by atoms with van der Waals surface area (Å²) in [6, 6.07) is -0.567. The fourth-order valence-electron chi connectivity index (χ4n) is 8.63. The number of hydrogen-bond donors (Lipinski definition) is 3. The SMILES string of the molecule is CCCCCCCC/C=C\CCCCCCCCCC(=O)OCCCC/C=C\CCCCCCC(=O)NC(CO)C(O)CCCCCCCCCCCCCCCCCCCCC. The highest BCUT2D eigenvalue weighted by molar-refractivity contribution is 5.76. The lowest BCUT2D eigenvalue weighted by molar-refractivity contribution is -0.143. The van der Waals surface area contributed by atoms with Crippen molar-refractivity contribution in [2.45, 2.75) is 315 Å². The lowest BCUT2D eigenvalue weighted by Gasteiger charge is -2.22. The van der Waals surface area contributed by atoms with Crippen molar-refractivity contribution in [1.82, 2.24) is 5.32 Å². The van der Waals surface area contributed by atoms with E-state index in [2.05, 4.69) is 43.5 Å². The van der Waals surface area contributed by atoms with Gasteiger partial charge in [-0.25, -0.2) is 0 Å². The van der Waals surface area contributed by atoms with E-state index in [-0.39, 0.29) is 18.5 Å². The van der Waals surface area contributed by atoms with Gasteiger partial charge < -0.3 is 20.3 Å². The largest absolute Gasteiger partial charge is 0.466 e. The van der Waals surface area contributed by atoms with Crippen LogP contribution in [0.3, 0.4) is 0 Å². The summed E-state index contributed by atoms with van der Waals surface area (Å²) in [5.41, 5.74) is 0. The summed E-state index contributed by atoms with van der Waals surface area (Å²) in [7, 11) is 0. The summed E-state index contributed by atoms with van der Waals surface area (Å²) < 4.78 is 5.44. The van der Waals surface area contributed by atoms with Crippen LogP contribution < -0.4 is 5.32 Å². The first-order valence-electron chi connectivity index (χ1n) is 28.1. The normalized spacial score (nSPS) is 12.8. The second-order valence-corrected chi connectivity index (χ2v) is 19.3. The Kier molecular flexibility index (Phi) is 51.6. The Morgan fingerprint density at radius 1 is 0.429 bits per heavy atom. The second-order valence-electron chi connectivity index (χ2n) is 19.3. The third kappa shape index (κ3) is 49.6. The zero-order valence-corrected chi connectivity index (χ0v) is 42.3. The molecular weight excluding hydrogens is 779 g/mol. The van der Waals surface area contributed by atoms with Crippen molar-refractivity contribution in [2.24, 2.45) is 0 Å². The Bertz CT molecular complexity index is 982. The lowest BCUT2D eigenvalue weighted by atomic mass is 10.0. The number of carbonyl (C=O) groups is 2. The number of nitrogens with one attached hydrogen (secondary N) is 1. The summed E-state index contributed by atoms with van der Waals surface area (Å²) in [4.78, 5) is 24.5. The van der Waals surface area contributed by atoms with E-state index in [9.17, 15) is 19.8 Å². The van der Waals surface area contributed by atoms with Crippen molar-refractivity contribution < 1.29 is 24.5 Å². The first kappa shape index (κ1) is 61.3. The smallest absolute Gasteiger partial charge is 0.305 e. The molecule has 0 fully saturated rings. The zero-order chi connectivity index (χ0) is 45.8. The maximum Gasteiger partial charge on any atom is 0.305 e. The molecule has 0 bridgehead atoms. The highest BCUT2D eigenvalue weighted by Gasteiger charge is 2.20. The summed E-state index contributed by atoms with van der Waals surface area (Å²) in [5.74, 6) is -0.108. The van der Waals surface area contributed by atoms with E-state index < -0.39 is 12.1 Å². The molecule has 6 nitrogen and oxygen atoms in total. The minimum Gasteiger partial charge on any atom is -0.466 e. The average Bonchev–Trinajstić information content (AvgIpc) is 3.28. The minimum atomic E-state index is -0.687. The molecule has 2 unspecified atom stereocenters. The molecule has 0 aromatic heterocycles. The van der Waals surface area contributed by atoms with Crippen LogP contribution in [0.2, 0.25) is 0 Å². The standard InChI is InChI=1S/C57H109NO5/c1-3-5-7-9-11-13-15-17-19-21-22-24-25-27-29-33-37-41-45-49-55(60)54(53-59)58-56(61)50-46-42-38-34-31-32-36-40-44-48-52-63-57(62)51-47-43-39-35-30-28-26-23-20-18-16-14-12-10-8-6-4-2/h18,20,32,36,54-55,59-60H,3-17,19,21-31,33-35,37-53H2,1-2H3,(H,58,61)/b20-18-,36-32-. The molecule has 0 heterocycles. The molecule has 0 saturated heterocycles.